The predicted octanol–water partition coefficient (Wildman–Crippen LogP) is 0.876. The van der Waals surface area contributed by atoms with E-state index in [1.165, 1.54) is 24.3 Å². The van der Waals surface area contributed by atoms with Gasteiger partial charge < -0.3 is 10.5 Å². The average molecular weight is 253 g/mol. The standard InChI is InChI=1S/C12H19N3OS/c13-11(4-10-5-14-8-17-10)12-6-15-3-1-2-9(15)7-16-12/h5,8-9,11-12H,1-4,6-7,13H2. The highest BCUT2D eigenvalue weighted by Crippen LogP contribution is 2.24. The second-order valence-corrected chi connectivity index (χ2v) is 5.97. The number of rotatable bonds is 3. The van der Waals surface area contributed by atoms with Crippen LogP contribution in [0.15, 0.2) is 11.7 Å². The topological polar surface area (TPSA) is 51.4 Å². The first-order chi connectivity index (χ1) is 8.33. The van der Waals surface area contributed by atoms with Crippen LogP contribution in [-0.4, -0.2) is 47.8 Å². The Hall–Kier alpha value is -0.490. The van der Waals surface area contributed by atoms with Gasteiger partial charge in [0.2, 0.25) is 0 Å². The van der Waals surface area contributed by atoms with Crippen LogP contribution in [0, 0.1) is 0 Å². The first kappa shape index (κ1) is 11.6. The molecule has 0 radical (unpaired) electrons. The molecule has 17 heavy (non-hydrogen) atoms. The summed E-state index contributed by atoms with van der Waals surface area (Å²) in [5, 5.41) is 0. The molecule has 0 amide bonds. The fraction of sp³-hybridized carbons (Fsp3) is 0.750. The number of hydrogen-bond donors (Lipinski definition) is 1. The van der Waals surface area contributed by atoms with E-state index in [-0.39, 0.29) is 12.1 Å². The lowest BCUT2D eigenvalue weighted by atomic mass is 10.0. The maximum Gasteiger partial charge on any atom is 0.0856 e. The zero-order valence-corrected chi connectivity index (χ0v) is 10.7. The second-order valence-electron chi connectivity index (χ2n) is 5.00. The number of aromatic nitrogens is 1. The fourth-order valence-corrected chi connectivity index (χ4v) is 3.48. The lowest BCUT2D eigenvalue weighted by Gasteiger charge is -2.37. The third-order valence-electron chi connectivity index (χ3n) is 3.81. The molecular weight excluding hydrogens is 234 g/mol. The van der Waals surface area contributed by atoms with Crippen LogP contribution in [0.2, 0.25) is 0 Å². The molecule has 4 nitrogen and oxygen atoms in total. The van der Waals surface area contributed by atoms with Crippen molar-refractivity contribution >= 4 is 11.3 Å². The summed E-state index contributed by atoms with van der Waals surface area (Å²) in [5.74, 6) is 0. The molecule has 2 fully saturated rings. The molecule has 3 heterocycles. The van der Waals surface area contributed by atoms with Gasteiger partial charge in [0, 0.05) is 36.1 Å². The third-order valence-corrected chi connectivity index (χ3v) is 4.62. The molecule has 0 aliphatic carbocycles. The summed E-state index contributed by atoms with van der Waals surface area (Å²) in [4.78, 5) is 7.88. The number of morpholine rings is 1. The van der Waals surface area contributed by atoms with Gasteiger partial charge in [-0.25, -0.2) is 0 Å². The highest BCUT2D eigenvalue weighted by molar-refractivity contribution is 7.09. The summed E-state index contributed by atoms with van der Waals surface area (Å²) in [6.45, 7) is 3.09. The Morgan fingerprint density at radius 2 is 2.59 bits per heavy atom. The van der Waals surface area contributed by atoms with Gasteiger partial charge in [-0.1, -0.05) is 0 Å². The van der Waals surface area contributed by atoms with Crippen LogP contribution in [0.5, 0.6) is 0 Å². The Kier molecular flexibility index (Phi) is 3.42. The quantitative estimate of drug-likeness (QED) is 0.868. The van der Waals surface area contributed by atoms with E-state index in [2.05, 4.69) is 9.88 Å². The molecule has 1 aromatic rings. The number of nitrogens with two attached hydrogens (primary N) is 1. The second kappa shape index (κ2) is 5.02. The predicted molar refractivity (Wildman–Crippen MR) is 68.1 cm³/mol. The van der Waals surface area contributed by atoms with Gasteiger partial charge in [-0.2, -0.15) is 0 Å². The minimum Gasteiger partial charge on any atom is -0.374 e. The van der Waals surface area contributed by atoms with Crippen LogP contribution in [-0.2, 0) is 11.2 Å². The third kappa shape index (κ3) is 2.52. The number of hydrogen-bond acceptors (Lipinski definition) is 5. The van der Waals surface area contributed by atoms with E-state index in [4.69, 9.17) is 10.5 Å². The minimum atomic E-state index is 0.0944. The molecule has 0 saturated carbocycles. The van der Waals surface area contributed by atoms with Crippen molar-refractivity contribution in [2.75, 3.05) is 19.7 Å². The van der Waals surface area contributed by atoms with Crippen LogP contribution >= 0.6 is 11.3 Å². The molecular formula is C12H19N3OS. The number of nitrogens with zero attached hydrogens (tertiary/aromatic N) is 2. The summed E-state index contributed by atoms with van der Waals surface area (Å²) in [6.07, 6.45) is 5.58. The Bertz CT molecular complexity index is 357. The average Bonchev–Trinajstić information content (AvgIpc) is 2.97. The van der Waals surface area contributed by atoms with Crippen molar-refractivity contribution in [3.63, 3.8) is 0 Å². The summed E-state index contributed by atoms with van der Waals surface area (Å²) in [7, 11) is 0. The maximum absolute atomic E-state index is 6.25. The molecule has 0 aromatic carbocycles. The molecule has 1 aromatic heterocycles. The monoisotopic (exact) mass is 253 g/mol. The molecule has 2 aliphatic heterocycles. The Balaban J connectivity index is 1.57. The van der Waals surface area contributed by atoms with Crippen molar-refractivity contribution < 1.29 is 4.74 Å². The highest BCUT2D eigenvalue weighted by Gasteiger charge is 2.34. The van der Waals surface area contributed by atoms with Gasteiger partial charge in [0.15, 0.2) is 0 Å². The van der Waals surface area contributed by atoms with Gasteiger partial charge in [-0.3, -0.25) is 9.88 Å². The molecule has 3 unspecified atom stereocenters. The van der Waals surface area contributed by atoms with E-state index < -0.39 is 0 Å². The van der Waals surface area contributed by atoms with E-state index in [1.807, 2.05) is 11.7 Å². The molecule has 0 bridgehead atoms. The number of thiazole rings is 1. The summed E-state index contributed by atoms with van der Waals surface area (Å²) in [6, 6.07) is 0.749. The fourth-order valence-electron chi connectivity index (χ4n) is 2.81. The van der Waals surface area contributed by atoms with Crippen LogP contribution in [0.1, 0.15) is 17.7 Å². The van der Waals surface area contributed by atoms with Gasteiger partial charge in [0.25, 0.3) is 0 Å². The molecule has 0 spiro atoms. The Morgan fingerprint density at radius 3 is 3.41 bits per heavy atom. The first-order valence-electron chi connectivity index (χ1n) is 6.31. The van der Waals surface area contributed by atoms with Crippen molar-refractivity contribution in [3.05, 3.63) is 16.6 Å². The van der Waals surface area contributed by atoms with E-state index in [0.717, 1.165) is 19.6 Å². The van der Waals surface area contributed by atoms with Crippen LogP contribution in [0.25, 0.3) is 0 Å². The van der Waals surface area contributed by atoms with E-state index in [9.17, 15) is 0 Å². The van der Waals surface area contributed by atoms with Crippen LogP contribution in [0.3, 0.4) is 0 Å². The van der Waals surface area contributed by atoms with Crippen molar-refractivity contribution in [1.82, 2.24) is 9.88 Å². The lowest BCUT2D eigenvalue weighted by Crippen LogP contribution is -2.53. The molecule has 94 valence electrons. The molecule has 2 saturated heterocycles. The normalized spacial score (nSPS) is 31.4. The minimum absolute atomic E-state index is 0.0944. The maximum atomic E-state index is 6.25. The van der Waals surface area contributed by atoms with Gasteiger partial charge in [0.05, 0.1) is 18.2 Å². The van der Waals surface area contributed by atoms with Crippen molar-refractivity contribution in [1.29, 1.82) is 0 Å². The summed E-state index contributed by atoms with van der Waals surface area (Å²) >= 11 is 1.67. The highest BCUT2D eigenvalue weighted by atomic mass is 32.1. The summed E-state index contributed by atoms with van der Waals surface area (Å²) < 4.78 is 5.92. The molecule has 2 N–H and O–H groups in total. The summed E-state index contributed by atoms with van der Waals surface area (Å²) in [5.41, 5.74) is 8.11. The molecule has 5 heteroatoms. The van der Waals surface area contributed by atoms with Crippen LogP contribution < -0.4 is 5.73 Å². The number of ether oxygens (including phenoxy) is 1. The zero-order valence-electron chi connectivity index (χ0n) is 9.92. The van der Waals surface area contributed by atoms with E-state index in [0.29, 0.717) is 6.04 Å². The van der Waals surface area contributed by atoms with Gasteiger partial charge in [-0.15, -0.1) is 11.3 Å². The largest absolute Gasteiger partial charge is 0.374 e. The van der Waals surface area contributed by atoms with E-state index >= 15 is 0 Å². The van der Waals surface area contributed by atoms with Crippen molar-refractivity contribution in [2.24, 2.45) is 5.73 Å². The van der Waals surface area contributed by atoms with Gasteiger partial charge >= 0.3 is 0 Å². The molecule has 3 rings (SSSR count). The smallest absolute Gasteiger partial charge is 0.0856 e. The van der Waals surface area contributed by atoms with Gasteiger partial charge in [-0.05, 0) is 19.4 Å². The van der Waals surface area contributed by atoms with Crippen LogP contribution in [0.4, 0.5) is 0 Å². The molecule has 2 aliphatic rings. The van der Waals surface area contributed by atoms with Crippen molar-refractivity contribution in [2.45, 2.75) is 37.5 Å². The molecule has 3 atom stereocenters. The first-order valence-corrected chi connectivity index (χ1v) is 7.19. The number of fused-ring (bicyclic) bond motifs is 1. The lowest BCUT2D eigenvalue weighted by molar-refractivity contribution is -0.0588. The SMILES string of the molecule is NC(Cc1cncs1)C1CN2CCCC2CO1. The zero-order chi connectivity index (χ0) is 11.7. The van der Waals surface area contributed by atoms with Gasteiger partial charge in [0.1, 0.15) is 0 Å². The Morgan fingerprint density at radius 1 is 1.65 bits per heavy atom. The van der Waals surface area contributed by atoms with Crippen molar-refractivity contribution in [3.8, 4) is 0 Å². The van der Waals surface area contributed by atoms with E-state index in [1.54, 1.807) is 11.3 Å². The Labute approximate surface area is 106 Å².